The lowest BCUT2D eigenvalue weighted by Crippen LogP contribution is -2.10. The van der Waals surface area contributed by atoms with Crippen LogP contribution in [0.25, 0.3) is 0 Å². The molecule has 0 radical (unpaired) electrons. The lowest BCUT2D eigenvalue weighted by molar-refractivity contribution is -0.0498. The third-order valence-corrected chi connectivity index (χ3v) is 4.47. The third-order valence-electron chi connectivity index (χ3n) is 3.36. The molecule has 1 atom stereocenters. The van der Waals surface area contributed by atoms with E-state index in [2.05, 4.69) is 4.74 Å². The van der Waals surface area contributed by atoms with Crippen molar-refractivity contribution in [2.75, 3.05) is 6.26 Å². The molecule has 0 aliphatic carbocycles. The van der Waals surface area contributed by atoms with Crippen LogP contribution in [0.5, 0.6) is 5.75 Å². The van der Waals surface area contributed by atoms with Crippen molar-refractivity contribution < 1.29 is 31.5 Å². The highest BCUT2D eigenvalue weighted by molar-refractivity contribution is 7.90. The van der Waals surface area contributed by atoms with Crippen LogP contribution >= 0.6 is 0 Å². The molecule has 0 fully saturated rings. The van der Waals surface area contributed by atoms with Crippen molar-refractivity contribution in [3.8, 4) is 5.75 Å². The van der Waals surface area contributed by atoms with E-state index >= 15 is 0 Å². The Morgan fingerprint density at radius 3 is 2.28 bits per heavy atom. The third kappa shape index (κ3) is 5.25. The summed E-state index contributed by atoms with van der Waals surface area (Å²) in [6.07, 6.45) is 0.387. The highest BCUT2D eigenvalue weighted by Crippen LogP contribution is 2.23. The van der Waals surface area contributed by atoms with Gasteiger partial charge >= 0.3 is 12.6 Å². The first-order valence-corrected chi connectivity index (χ1v) is 9.12. The Balaban J connectivity index is 2.10. The highest BCUT2D eigenvalue weighted by atomic mass is 32.2. The molecule has 0 amide bonds. The van der Waals surface area contributed by atoms with Crippen molar-refractivity contribution >= 4 is 15.8 Å². The second kappa shape index (κ2) is 7.60. The summed E-state index contributed by atoms with van der Waals surface area (Å²) in [4.78, 5) is 12.2. The van der Waals surface area contributed by atoms with Gasteiger partial charge in [0.25, 0.3) is 0 Å². The molecule has 1 unspecified atom stereocenters. The monoisotopic (exact) mass is 370 g/mol. The Bertz CT molecular complexity index is 848. The van der Waals surface area contributed by atoms with Gasteiger partial charge in [-0.25, -0.2) is 13.2 Å². The van der Waals surface area contributed by atoms with Crippen LogP contribution in [-0.4, -0.2) is 27.3 Å². The average Bonchev–Trinajstić information content (AvgIpc) is 2.54. The molecule has 0 N–H and O–H groups in total. The largest absolute Gasteiger partial charge is 0.454 e. The van der Waals surface area contributed by atoms with E-state index in [4.69, 9.17) is 4.74 Å². The Morgan fingerprint density at radius 2 is 1.72 bits per heavy atom. The highest BCUT2D eigenvalue weighted by Gasteiger charge is 2.16. The number of carbonyl (C=O) groups is 1. The lowest BCUT2D eigenvalue weighted by Gasteiger charge is -2.14. The predicted octanol–water partition coefficient (Wildman–Crippen LogP) is 3.61. The molecule has 0 aliphatic heterocycles. The summed E-state index contributed by atoms with van der Waals surface area (Å²) in [6.45, 7) is -1.30. The Labute approximate surface area is 144 Å². The summed E-state index contributed by atoms with van der Waals surface area (Å²) in [6, 6.07) is 11.2. The maximum atomic E-state index is 12.2. The fraction of sp³-hybridized carbons (Fsp3) is 0.235. The van der Waals surface area contributed by atoms with E-state index in [0.717, 1.165) is 6.26 Å². The van der Waals surface area contributed by atoms with Crippen molar-refractivity contribution in [2.45, 2.75) is 24.5 Å². The second-order valence-electron chi connectivity index (χ2n) is 5.30. The fourth-order valence-electron chi connectivity index (χ4n) is 2.07. The van der Waals surface area contributed by atoms with Crippen LogP contribution in [0.3, 0.4) is 0 Å². The van der Waals surface area contributed by atoms with E-state index in [1.54, 1.807) is 6.92 Å². The molecule has 2 rings (SSSR count). The van der Waals surface area contributed by atoms with Crippen LogP contribution < -0.4 is 4.74 Å². The van der Waals surface area contributed by atoms with Gasteiger partial charge in [0.2, 0.25) is 0 Å². The van der Waals surface area contributed by atoms with Gasteiger partial charge in [-0.05, 0) is 42.8 Å². The summed E-state index contributed by atoms with van der Waals surface area (Å²) in [5.74, 6) is -0.691. The van der Waals surface area contributed by atoms with Crippen LogP contribution in [0.2, 0.25) is 0 Å². The minimum Gasteiger partial charge on any atom is -0.454 e. The molecule has 0 saturated carbocycles. The van der Waals surface area contributed by atoms with E-state index in [1.807, 2.05) is 0 Å². The van der Waals surface area contributed by atoms with Crippen molar-refractivity contribution in [1.29, 1.82) is 0 Å². The summed E-state index contributed by atoms with van der Waals surface area (Å²) >= 11 is 0. The fourth-order valence-corrected chi connectivity index (χ4v) is 2.74. The maximum Gasteiger partial charge on any atom is 0.387 e. The van der Waals surface area contributed by atoms with Gasteiger partial charge in [-0.2, -0.15) is 8.78 Å². The van der Waals surface area contributed by atoms with Gasteiger partial charge in [-0.15, -0.1) is 0 Å². The normalized spacial score (nSPS) is 12.7. The topological polar surface area (TPSA) is 69.7 Å². The van der Waals surface area contributed by atoms with Crippen molar-refractivity contribution in [3.05, 3.63) is 59.7 Å². The summed E-state index contributed by atoms with van der Waals surface area (Å²) < 4.78 is 56.9. The SMILES string of the molecule is CC(OC(=O)c1cccc(S(C)(=O)=O)c1)c1ccc(OC(F)F)cc1. The first-order chi connectivity index (χ1) is 11.7. The van der Waals surface area contributed by atoms with E-state index in [9.17, 15) is 22.0 Å². The lowest BCUT2D eigenvalue weighted by atomic mass is 10.1. The number of carbonyl (C=O) groups excluding carboxylic acids is 1. The van der Waals surface area contributed by atoms with E-state index in [-0.39, 0.29) is 16.2 Å². The molecule has 0 aliphatic rings. The van der Waals surface area contributed by atoms with Crippen molar-refractivity contribution in [2.24, 2.45) is 0 Å². The van der Waals surface area contributed by atoms with Crippen molar-refractivity contribution in [1.82, 2.24) is 0 Å². The smallest absolute Gasteiger partial charge is 0.387 e. The molecule has 2 aromatic carbocycles. The van der Waals surface area contributed by atoms with E-state index in [1.165, 1.54) is 48.5 Å². The minimum atomic E-state index is -3.44. The zero-order valence-electron chi connectivity index (χ0n) is 13.5. The summed E-state index contributed by atoms with van der Waals surface area (Å²) in [5, 5.41) is 0. The molecule has 0 aromatic heterocycles. The quantitative estimate of drug-likeness (QED) is 0.727. The Hall–Kier alpha value is -2.48. The summed E-state index contributed by atoms with van der Waals surface area (Å²) in [5.41, 5.74) is 0.682. The van der Waals surface area contributed by atoms with Crippen LogP contribution in [0.4, 0.5) is 8.78 Å². The molecular formula is C17H16F2O5S. The zero-order chi connectivity index (χ0) is 18.6. The number of esters is 1. The number of sulfone groups is 1. The van der Waals surface area contributed by atoms with Crippen LogP contribution in [0, 0.1) is 0 Å². The molecule has 0 heterocycles. The van der Waals surface area contributed by atoms with Gasteiger partial charge in [0.1, 0.15) is 11.9 Å². The number of hydrogen-bond acceptors (Lipinski definition) is 5. The molecule has 134 valence electrons. The number of alkyl halides is 2. The van der Waals surface area contributed by atoms with Crippen LogP contribution in [-0.2, 0) is 14.6 Å². The molecule has 8 heteroatoms. The van der Waals surface area contributed by atoms with Crippen molar-refractivity contribution in [3.63, 3.8) is 0 Å². The van der Waals surface area contributed by atoms with Gasteiger partial charge < -0.3 is 9.47 Å². The van der Waals surface area contributed by atoms with E-state index < -0.39 is 28.5 Å². The first-order valence-electron chi connectivity index (χ1n) is 7.22. The Kier molecular flexibility index (Phi) is 5.73. The predicted molar refractivity (Wildman–Crippen MR) is 86.5 cm³/mol. The van der Waals surface area contributed by atoms with E-state index in [0.29, 0.717) is 5.56 Å². The first kappa shape index (κ1) is 18.9. The van der Waals surface area contributed by atoms with Gasteiger partial charge in [0, 0.05) is 6.26 Å². The van der Waals surface area contributed by atoms with Gasteiger partial charge in [-0.1, -0.05) is 18.2 Å². The zero-order valence-corrected chi connectivity index (χ0v) is 14.3. The summed E-state index contributed by atoms with van der Waals surface area (Å²) in [7, 11) is -3.44. The van der Waals surface area contributed by atoms with Crippen LogP contribution in [0.1, 0.15) is 28.9 Å². The van der Waals surface area contributed by atoms with Crippen LogP contribution in [0.15, 0.2) is 53.4 Å². The number of ether oxygens (including phenoxy) is 2. The number of hydrogen-bond donors (Lipinski definition) is 0. The second-order valence-corrected chi connectivity index (χ2v) is 7.31. The van der Waals surface area contributed by atoms with Gasteiger partial charge in [-0.3, -0.25) is 0 Å². The minimum absolute atomic E-state index is 0.00173. The van der Waals surface area contributed by atoms with Gasteiger partial charge in [0.15, 0.2) is 9.84 Å². The molecule has 25 heavy (non-hydrogen) atoms. The molecule has 2 aromatic rings. The average molecular weight is 370 g/mol. The molecule has 0 spiro atoms. The number of rotatable bonds is 6. The number of benzene rings is 2. The maximum absolute atomic E-state index is 12.2. The molecule has 0 saturated heterocycles. The molecule has 0 bridgehead atoms. The molecule has 5 nitrogen and oxygen atoms in total. The standard InChI is InChI=1S/C17H16F2O5S/c1-11(12-6-8-14(9-7-12)24-17(18)19)23-16(20)13-4-3-5-15(10-13)25(2,21)22/h3-11,17H,1-2H3. The van der Waals surface area contributed by atoms with Gasteiger partial charge in [0.05, 0.1) is 10.5 Å². The number of halogens is 2. The molecular weight excluding hydrogens is 354 g/mol. The Morgan fingerprint density at radius 1 is 1.08 bits per heavy atom.